The van der Waals surface area contributed by atoms with Gasteiger partial charge in [0.05, 0.1) is 0 Å². The maximum Gasteiger partial charge on any atom is 0.573 e. The lowest BCUT2D eigenvalue weighted by Gasteiger charge is -2.30. The Labute approximate surface area is 139 Å². The standard InChI is InChI=1S/C15H19F3N2O2.ClH/c16-15(17,18)22-13-6-2-1-4-11(13)7-8-14(21)20-9-3-5-12(19)10-20;/h1-2,4,6,12H,3,5,7-10,19H2;1H. The van der Waals surface area contributed by atoms with Gasteiger partial charge in [0.2, 0.25) is 5.91 Å². The van der Waals surface area contributed by atoms with Crippen LogP contribution in [0.2, 0.25) is 0 Å². The fourth-order valence-corrected chi connectivity index (χ4v) is 2.57. The van der Waals surface area contributed by atoms with Crippen molar-refractivity contribution >= 4 is 18.3 Å². The van der Waals surface area contributed by atoms with E-state index in [2.05, 4.69) is 4.74 Å². The topological polar surface area (TPSA) is 55.6 Å². The van der Waals surface area contributed by atoms with Crippen molar-refractivity contribution in [2.75, 3.05) is 13.1 Å². The molecular formula is C15H20ClF3N2O2. The summed E-state index contributed by atoms with van der Waals surface area (Å²) in [5.74, 6) is -0.338. The highest BCUT2D eigenvalue weighted by atomic mass is 35.5. The average molecular weight is 353 g/mol. The number of alkyl halides is 3. The summed E-state index contributed by atoms with van der Waals surface area (Å²) in [4.78, 5) is 13.8. The van der Waals surface area contributed by atoms with Crippen LogP contribution < -0.4 is 10.5 Å². The highest BCUT2D eigenvalue weighted by Crippen LogP contribution is 2.27. The number of carbonyl (C=O) groups excluding carboxylic acids is 1. The number of nitrogens with zero attached hydrogens (tertiary/aromatic N) is 1. The predicted molar refractivity (Wildman–Crippen MR) is 82.5 cm³/mol. The minimum atomic E-state index is -4.74. The second kappa shape index (κ2) is 8.40. The van der Waals surface area contributed by atoms with E-state index in [1.807, 2.05) is 0 Å². The van der Waals surface area contributed by atoms with Crippen LogP contribution in [-0.4, -0.2) is 36.3 Å². The Morgan fingerprint density at radius 2 is 2.04 bits per heavy atom. The molecule has 1 amide bonds. The second-order valence-electron chi connectivity index (χ2n) is 5.40. The second-order valence-corrected chi connectivity index (χ2v) is 5.40. The zero-order chi connectivity index (χ0) is 16.2. The highest BCUT2D eigenvalue weighted by molar-refractivity contribution is 5.85. The third kappa shape index (κ3) is 6.27. The minimum absolute atomic E-state index is 0. The van der Waals surface area contributed by atoms with Crippen LogP contribution in [0.3, 0.4) is 0 Å². The van der Waals surface area contributed by atoms with Crippen LogP contribution in [-0.2, 0) is 11.2 Å². The van der Waals surface area contributed by atoms with E-state index in [0.717, 1.165) is 12.8 Å². The van der Waals surface area contributed by atoms with E-state index in [0.29, 0.717) is 18.7 Å². The number of carbonyl (C=O) groups is 1. The largest absolute Gasteiger partial charge is 0.573 e. The molecule has 23 heavy (non-hydrogen) atoms. The molecule has 1 aromatic carbocycles. The third-order valence-corrected chi connectivity index (χ3v) is 3.62. The summed E-state index contributed by atoms with van der Waals surface area (Å²) in [5.41, 5.74) is 6.19. The first-order valence-electron chi connectivity index (χ1n) is 7.22. The molecule has 0 radical (unpaired) electrons. The van der Waals surface area contributed by atoms with Gasteiger partial charge in [0, 0.05) is 25.6 Å². The molecule has 4 nitrogen and oxygen atoms in total. The number of para-hydroxylation sites is 1. The van der Waals surface area contributed by atoms with E-state index in [4.69, 9.17) is 5.73 Å². The Bertz CT molecular complexity index is 526. The fourth-order valence-electron chi connectivity index (χ4n) is 2.57. The summed E-state index contributed by atoms with van der Waals surface area (Å²) in [7, 11) is 0. The van der Waals surface area contributed by atoms with Gasteiger partial charge in [0.15, 0.2) is 0 Å². The number of likely N-dealkylation sites (tertiary alicyclic amines) is 1. The molecule has 0 aromatic heterocycles. The predicted octanol–water partition coefficient (Wildman–Crippen LogP) is 2.89. The molecule has 2 N–H and O–H groups in total. The summed E-state index contributed by atoms with van der Waals surface area (Å²) >= 11 is 0. The Balaban J connectivity index is 0.00000264. The van der Waals surface area contributed by atoms with Crippen molar-refractivity contribution < 1.29 is 22.7 Å². The number of hydrogen-bond donors (Lipinski definition) is 1. The number of halogens is 4. The number of nitrogens with two attached hydrogens (primary N) is 1. The summed E-state index contributed by atoms with van der Waals surface area (Å²) in [5, 5.41) is 0. The monoisotopic (exact) mass is 352 g/mol. The molecule has 1 unspecified atom stereocenters. The quantitative estimate of drug-likeness (QED) is 0.906. The Morgan fingerprint density at radius 1 is 1.35 bits per heavy atom. The summed E-state index contributed by atoms with van der Waals surface area (Å²) in [6, 6.07) is 5.87. The molecule has 0 aliphatic carbocycles. The molecule has 0 spiro atoms. The fraction of sp³-hybridized carbons (Fsp3) is 0.533. The van der Waals surface area contributed by atoms with Gasteiger partial charge >= 0.3 is 6.36 Å². The molecule has 1 fully saturated rings. The smallest absolute Gasteiger partial charge is 0.406 e. The average Bonchev–Trinajstić information content (AvgIpc) is 2.44. The van der Waals surface area contributed by atoms with Gasteiger partial charge in [0.1, 0.15) is 5.75 Å². The number of hydrogen-bond acceptors (Lipinski definition) is 3. The zero-order valence-corrected chi connectivity index (χ0v) is 13.3. The SMILES string of the molecule is Cl.NC1CCCN(C(=O)CCc2ccccc2OC(F)(F)F)C1. The molecular weight excluding hydrogens is 333 g/mol. The summed E-state index contributed by atoms with van der Waals surface area (Å²) in [6.45, 7) is 1.17. The van der Waals surface area contributed by atoms with Gasteiger partial charge in [-0.2, -0.15) is 0 Å². The molecule has 1 aliphatic rings. The molecule has 1 atom stereocenters. The summed E-state index contributed by atoms with van der Waals surface area (Å²) < 4.78 is 41.0. The van der Waals surface area contributed by atoms with Crippen molar-refractivity contribution in [1.82, 2.24) is 4.90 Å². The maximum atomic E-state index is 12.3. The first kappa shape index (κ1) is 19.6. The maximum absolute atomic E-state index is 12.3. The Kier molecular flexibility index (Phi) is 7.15. The van der Waals surface area contributed by atoms with Gasteiger partial charge in [-0.15, -0.1) is 25.6 Å². The van der Waals surface area contributed by atoms with Crippen molar-refractivity contribution in [3.8, 4) is 5.75 Å². The van der Waals surface area contributed by atoms with Crippen molar-refractivity contribution in [1.29, 1.82) is 0 Å². The molecule has 1 aliphatic heterocycles. The lowest BCUT2D eigenvalue weighted by Crippen LogP contribution is -2.45. The third-order valence-electron chi connectivity index (χ3n) is 3.62. The van der Waals surface area contributed by atoms with Gasteiger partial charge in [-0.3, -0.25) is 4.79 Å². The molecule has 8 heteroatoms. The van der Waals surface area contributed by atoms with Crippen LogP contribution in [0.15, 0.2) is 24.3 Å². The Morgan fingerprint density at radius 3 is 2.70 bits per heavy atom. The van der Waals surface area contributed by atoms with Gasteiger partial charge in [0.25, 0.3) is 0 Å². The molecule has 1 saturated heterocycles. The van der Waals surface area contributed by atoms with Gasteiger partial charge in [-0.1, -0.05) is 18.2 Å². The van der Waals surface area contributed by atoms with Crippen LogP contribution in [0.25, 0.3) is 0 Å². The molecule has 0 bridgehead atoms. The van der Waals surface area contributed by atoms with Crippen LogP contribution in [0.1, 0.15) is 24.8 Å². The zero-order valence-electron chi connectivity index (χ0n) is 12.5. The van der Waals surface area contributed by atoms with Crippen LogP contribution >= 0.6 is 12.4 Å². The number of piperidine rings is 1. The van der Waals surface area contributed by atoms with Gasteiger partial charge < -0.3 is 15.4 Å². The summed E-state index contributed by atoms with van der Waals surface area (Å²) in [6.07, 6.45) is -2.63. The van der Waals surface area contributed by atoms with E-state index >= 15 is 0 Å². The van der Waals surface area contributed by atoms with E-state index in [9.17, 15) is 18.0 Å². The molecule has 0 saturated carbocycles. The van der Waals surface area contributed by atoms with Crippen molar-refractivity contribution in [2.24, 2.45) is 5.73 Å². The Hall–Kier alpha value is -1.47. The number of rotatable bonds is 4. The number of amides is 1. The number of ether oxygens (including phenoxy) is 1. The van der Waals surface area contributed by atoms with Crippen molar-refractivity contribution in [3.05, 3.63) is 29.8 Å². The van der Waals surface area contributed by atoms with Crippen LogP contribution in [0.4, 0.5) is 13.2 Å². The van der Waals surface area contributed by atoms with Crippen molar-refractivity contribution in [2.45, 2.75) is 38.1 Å². The van der Waals surface area contributed by atoms with Crippen molar-refractivity contribution in [3.63, 3.8) is 0 Å². The van der Waals surface area contributed by atoms with Crippen LogP contribution in [0.5, 0.6) is 5.75 Å². The first-order chi connectivity index (χ1) is 10.3. The molecule has 2 rings (SSSR count). The lowest BCUT2D eigenvalue weighted by molar-refractivity contribution is -0.274. The van der Waals surface area contributed by atoms with E-state index < -0.39 is 6.36 Å². The van der Waals surface area contributed by atoms with E-state index in [-0.39, 0.29) is 42.9 Å². The number of benzene rings is 1. The normalized spacial score (nSPS) is 18.3. The minimum Gasteiger partial charge on any atom is -0.406 e. The van der Waals surface area contributed by atoms with Gasteiger partial charge in [-0.25, -0.2) is 0 Å². The van der Waals surface area contributed by atoms with Crippen LogP contribution in [0, 0.1) is 0 Å². The van der Waals surface area contributed by atoms with Gasteiger partial charge in [-0.05, 0) is 30.9 Å². The first-order valence-corrected chi connectivity index (χ1v) is 7.22. The number of aryl methyl sites for hydroxylation is 1. The molecule has 1 heterocycles. The molecule has 1 aromatic rings. The lowest BCUT2D eigenvalue weighted by atomic mass is 10.0. The molecule has 130 valence electrons. The highest BCUT2D eigenvalue weighted by Gasteiger charge is 2.32. The van der Waals surface area contributed by atoms with E-state index in [1.165, 1.54) is 18.2 Å². The van der Waals surface area contributed by atoms with E-state index in [1.54, 1.807) is 11.0 Å².